The van der Waals surface area contributed by atoms with E-state index in [9.17, 15) is 18.0 Å². The maximum absolute atomic E-state index is 12.8. The number of anilines is 1. The van der Waals surface area contributed by atoms with Gasteiger partial charge in [0.2, 0.25) is 0 Å². The van der Waals surface area contributed by atoms with Gasteiger partial charge in [-0.3, -0.25) is 9.59 Å². The standard InChI is InChI=1S/C24H34N4O5S/c1-6-16(2)20-9-7-8-10-21(20)26-23(29)17(3)33-24(30)19-11-13-28(14-12-19)34(31,32)22-15-27(5)18(4)25-22/h7-10,15-17,19H,6,11-14H2,1-5H3,(H,26,29). The summed E-state index contributed by atoms with van der Waals surface area (Å²) in [6.07, 6.45) is 2.12. The Balaban J connectivity index is 1.55. The van der Waals surface area contributed by atoms with Gasteiger partial charge in [-0.05, 0) is 50.7 Å². The first-order chi connectivity index (χ1) is 16.0. The predicted octanol–water partition coefficient (Wildman–Crippen LogP) is 3.21. The first-order valence-electron chi connectivity index (χ1n) is 11.6. The van der Waals surface area contributed by atoms with Crippen LogP contribution in [0, 0.1) is 12.8 Å². The zero-order valence-electron chi connectivity index (χ0n) is 20.4. The van der Waals surface area contributed by atoms with Gasteiger partial charge in [0.05, 0.1) is 5.92 Å². The van der Waals surface area contributed by atoms with Crippen LogP contribution in [0.3, 0.4) is 0 Å². The lowest BCUT2D eigenvalue weighted by Gasteiger charge is -2.30. The van der Waals surface area contributed by atoms with Crippen molar-refractivity contribution in [3.63, 3.8) is 0 Å². The van der Waals surface area contributed by atoms with Crippen LogP contribution < -0.4 is 5.32 Å². The molecule has 1 fully saturated rings. The Hall–Kier alpha value is -2.72. The highest BCUT2D eigenvalue weighted by Crippen LogP contribution is 2.27. The summed E-state index contributed by atoms with van der Waals surface area (Å²) in [7, 11) is -1.97. The number of hydrogen-bond acceptors (Lipinski definition) is 6. The highest BCUT2D eigenvalue weighted by molar-refractivity contribution is 7.89. The van der Waals surface area contributed by atoms with Crippen molar-refractivity contribution in [2.45, 2.75) is 64.0 Å². The van der Waals surface area contributed by atoms with Crippen molar-refractivity contribution in [1.29, 1.82) is 0 Å². The average Bonchev–Trinajstić information content (AvgIpc) is 3.17. The van der Waals surface area contributed by atoms with Crippen molar-refractivity contribution in [2.24, 2.45) is 13.0 Å². The summed E-state index contributed by atoms with van der Waals surface area (Å²) >= 11 is 0. The molecule has 0 aliphatic carbocycles. The number of carbonyl (C=O) groups excluding carboxylic acids is 2. The number of hydrogen-bond donors (Lipinski definition) is 1. The second-order valence-electron chi connectivity index (χ2n) is 8.88. The van der Waals surface area contributed by atoms with Crippen LogP contribution in [-0.2, 0) is 31.4 Å². The van der Waals surface area contributed by atoms with E-state index in [1.54, 1.807) is 25.5 Å². The van der Waals surface area contributed by atoms with E-state index in [1.807, 2.05) is 24.3 Å². The molecule has 1 amide bonds. The normalized spacial score (nSPS) is 17.2. The lowest BCUT2D eigenvalue weighted by Crippen LogP contribution is -2.41. The van der Waals surface area contributed by atoms with Crippen molar-refractivity contribution in [3.05, 3.63) is 41.9 Å². The van der Waals surface area contributed by atoms with Crippen molar-refractivity contribution in [1.82, 2.24) is 13.9 Å². The molecule has 0 bridgehead atoms. The largest absolute Gasteiger partial charge is 0.452 e. The number of esters is 1. The van der Waals surface area contributed by atoms with Crippen LogP contribution in [-0.4, -0.2) is 53.3 Å². The number of carbonyl (C=O) groups is 2. The Morgan fingerprint density at radius 2 is 1.85 bits per heavy atom. The number of amides is 1. The van der Waals surface area contributed by atoms with E-state index in [0.29, 0.717) is 24.4 Å². The van der Waals surface area contributed by atoms with Crippen molar-refractivity contribution in [3.8, 4) is 0 Å². The number of rotatable bonds is 8. The maximum atomic E-state index is 12.8. The number of benzene rings is 1. The number of para-hydroxylation sites is 1. The van der Waals surface area contributed by atoms with Gasteiger partial charge >= 0.3 is 5.97 Å². The molecule has 10 heteroatoms. The van der Waals surface area contributed by atoms with Crippen LogP contribution in [0.1, 0.15) is 57.3 Å². The molecule has 1 aliphatic rings. The molecule has 1 aromatic heterocycles. The average molecular weight is 491 g/mol. The summed E-state index contributed by atoms with van der Waals surface area (Å²) in [5, 5.41) is 2.88. The molecule has 34 heavy (non-hydrogen) atoms. The fourth-order valence-corrected chi connectivity index (χ4v) is 5.43. The number of sulfonamides is 1. The quantitative estimate of drug-likeness (QED) is 0.569. The van der Waals surface area contributed by atoms with E-state index < -0.39 is 33.9 Å². The van der Waals surface area contributed by atoms with Gasteiger partial charge in [0.25, 0.3) is 15.9 Å². The molecule has 1 saturated heterocycles. The number of ether oxygens (including phenoxy) is 1. The molecule has 9 nitrogen and oxygen atoms in total. The molecule has 186 valence electrons. The van der Waals surface area contributed by atoms with Gasteiger partial charge in [0.1, 0.15) is 5.82 Å². The minimum atomic E-state index is -3.71. The van der Waals surface area contributed by atoms with Gasteiger partial charge in [-0.15, -0.1) is 0 Å². The highest BCUT2D eigenvalue weighted by Gasteiger charge is 2.35. The SMILES string of the molecule is CCC(C)c1ccccc1NC(=O)C(C)OC(=O)C1CCN(S(=O)(=O)c2cn(C)c(C)n2)CC1. The topological polar surface area (TPSA) is 111 Å². The fourth-order valence-electron chi connectivity index (χ4n) is 3.93. The van der Waals surface area contributed by atoms with E-state index in [-0.39, 0.29) is 24.0 Å². The summed E-state index contributed by atoms with van der Waals surface area (Å²) in [5.74, 6) is -0.445. The molecule has 0 saturated carbocycles. The number of piperidine rings is 1. The van der Waals surface area contributed by atoms with E-state index in [0.717, 1.165) is 12.0 Å². The molecule has 1 aliphatic heterocycles. The second kappa shape index (κ2) is 10.7. The van der Waals surface area contributed by atoms with Gasteiger partial charge in [0.15, 0.2) is 11.1 Å². The Morgan fingerprint density at radius 3 is 2.44 bits per heavy atom. The van der Waals surface area contributed by atoms with Crippen LogP contribution in [0.15, 0.2) is 35.5 Å². The van der Waals surface area contributed by atoms with Crippen LogP contribution in [0.5, 0.6) is 0 Å². The molecule has 2 aromatic rings. The van der Waals surface area contributed by atoms with Crippen LogP contribution in [0.4, 0.5) is 5.69 Å². The van der Waals surface area contributed by atoms with Gasteiger partial charge in [-0.1, -0.05) is 32.0 Å². The Bertz CT molecular complexity index is 1120. The fraction of sp³-hybridized carbons (Fsp3) is 0.542. The molecule has 1 aromatic carbocycles. The van der Waals surface area contributed by atoms with Gasteiger partial charge in [0, 0.05) is 32.0 Å². The zero-order valence-corrected chi connectivity index (χ0v) is 21.3. The smallest absolute Gasteiger partial charge is 0.309 e. The Labute approximate surface area is 201 Å². The molecular weight excluding hydrogens is 456 g/mol. The number of imidazole rings is 1. The van der Waals surface area contributed by atoms with Crippen molar-refractivity contribution < 1.29 is 22.7 Å². The van der Waals surface area contributed by atoms with Crippen molar-refractivity contribution in [2.75, 3.05) is 18.4 Å². The minimum Gasteiger partial charge on any atom is -0.452 e. The third-order valence-electron chi connectivity index (χ3n) is 6.50. The van der Waals surface area contributed by atoms with E-state index in [2.05, 4.69) is 24.1 Å². The second-order valence-corrected chi connectivity index (χ2v) is 10.8. The zero-order chi connectivity index (χ0) is 25.0. The molecule has 2 unspecified atom stereocenters. The Kier molecular flexibility index (Phi) is 8.14. The molecular formula is C24H34N4O5S. The summed E-state index contributed by atoms with van der Waals surface area (Å²) in [4.78, 5) is 29.5. The summed E-state index contributed by atoms with van der Waals surface area (Å²) in [6, 6.07) is 7.61. The molecule has 0 radical (unpaired) electrons. The van der Waals surface area contributed by atoms with E-state index in [1.165, 1.54) is 10.5 Å². The number of aryl methyl sites for hydroxylation is 2. The molecule has 2 atom stereocenters. The number of nitrogens with zero attached hydrogens (tertiary/aromatic N) is 3. The minimum absolute atomic E-state index is 0.0106. The first-order valence-corrected chi connectivity index (χ1v) is 13.1. The van der Waals surface area contributed by atoms with Crippen LogP contribution >= 0.6 is 0 Å². The lowest BCUT2D eigenvalue weighted by molar-refractivity contribution is -0.158. The third-order valence-corrected chi connectivity index (χ3v) is 8.27. The number of nitrogens with one attached hydrogen (secondary N) is 1. The summed E-state index contributed by atoms with van der Waals surface area (Å²) < 4.78 is 34.1. The first kappa shape index (κ1) is 25.9. The highest BCUT2D eigenvalue weighted by atomic mass is 32.2. The predicted molar refractivity (Wildman–Crippen MR) is 129 cm³/mol. The lowest BCUT2D eigenvalue weighted by atomic mass is 9.97. The summed E-state index contributed by atoms with van der Waals surface area (Å²) in [6.45, 7) is 7.85. The van der Waals surface area contributed by atoms with Crippen LogP contribution in [0.25, 0.3) is 0 Å². The van der Waals surface area contributed by atoms with Gasteiger partial charge < -0.3 is 14.6 Å². The number of aromatic nitrogens is 2. The van der Waals surface area contributed by atoms with Crippen molar-refractivity contribution >= 4 is 27.6 Å². The third kappa shape index (κ3) is 5.67. The summed E-state index contributed by atoms with van der Waals surface area (Å²) in [5.41, 5.74) is 1.75. The monoisotopic (exact) mass is 490 g/mol. The maximum Gasteiger partial charge on any atom is 0.309 e. The molecule has 3 rings (SSSR count). The van der Waals surface area contributed by atoms with E-state index in [4.69, 9.17) is 4.74 Å². The van der Waals surface area contributed by atoms with Crippen LogP contribution in [0.2, 0.25) is 0 Å². The molecule has 2 heterocycles. The van der Waals surface area contributed by atoms with E-state index >= 15 is 0 Å². The molecule has 0 spiro atoms. The Morgan fingerprint density at radius 1 is 1.21 bits per heavy atom. The van der Waals surface area contributed by atoms with Gasteiger partial charge in [-0.25, -0.2) is 13.4 Å². The molecule has 1 N–H and O–H groups in total. The van der Waals surface area contributed by atoms with Gasteiger partial charge in [-0.2, -0.15) is 4.31 Å².